The van der Waals surface area contributed by atoms with E-state index in [2.05, 4.69) is 6.58 Å². The SMILES string of the molecule is C=C1CC(CCCOc2ccc(-c3ccc(C(=O)OCCCC4CC(C)C(=O)O4)cc3)cc2)OC1=O. The number of rotatable bonds is 11. The van der Waals surface area contributed by atoms with E-state index in [0.717, 1.165) is 36.1 Å². The highest BCUT2D eigenvalue weighted by Crippen LogP contribution is 2.26. The van der Waals surface area contributed by atoms with Crippen LogP contribution in [-0.2, 0) is 23.8 Å². The summed E-state index contributed by atoms with van der Waals surface area (Å²) in [4.78, 5) is 35.1. The third-order valence-corrected chi connectivity index (χ3v) is 6.49. The van der Waals surface area contributed by atoms with Gasteiger partial charge in [-0.3, -0.25) is 4.79 Å². The van der Waals surface area contributed by atoms with Gasteiger partial charge in [0.1, 0.15) is 18.0 Å². The van der Waals surface area contributed by atoms with Crippen LogP contribution in [0.5, 0.6) is 5.75 Å². The van der Waals surface area contributed by atoms with Gasteiger partial charge >= 0.3 is 17.9 Å². The van der Waals surface area contributed by atoms with Crippen molar-refractivity contribution in [2.45, 2.75) is 57.7 Å². The Morgan fingerprint density at radius 2 is 1.56 bits per heavy atom. The van der Waals surface area contributed by atoms with Gasteiger partial charge in [0.15, 0.2) is 0 Å². The molecule has 3 unspecified atom stereocenters. The van der Waals surface area contributed by atoms with Crippen LogP contribution in [0.3, 0.4) is 0 Å². The minimum Gasteiger partial charge on any atom is -0.494 e. The van der Waals surface area contributed by atoms with Crippen molar-refractivity contribution in [3.05, 3.63) is 66.2 Å². The fraction of sp³-hybridized carbons (Fsp3) is 0.414. The van der Waals surface area contributed by atoms with Crippen molar-refractivity contribution in [1.29, 1.82) is 0 Å². The normalized spacial score (nSPS) is 21.2. The first kappa shape index (κ1) is 25.5. The van der Waals surface area contributed by atoms with Crippen molar-refractivity contribution >= 4 is 17.9 Å². The number of carbonyl (C=O) groups is 3. The second kappa shape index (κ2) is 11.9. The van der Waals surface area contributed by atoms with E-state index < -0.39 is 0 Å². The van der Waals surface area contributed by atoms with Crippen LogP contribution in [0.25, 0.3) is 11.1 Å². The number of hydrogen-bond donors (Lipinski definition) is 0. The maximum atomic E-state index is 12.3. The van der Waals surface area contributed by atoms with E-state index in [1.54, 1.807) is 12.1 Å². The van der Waals surface area contributed by atoms with Crippen molar-refractivity contribution in [2.75, 3.05) is 13.2 Å². The standard InChI is InChI=1S/C29H32O7/c1-19-17-25(35-27(19)30)5-3-15-33-24-13-11-22(12-14-24)21-7-9-23(10-8-21)29(32)34-16-4-6-26-18-20(2)28(31)36-26/h7-14,20,25-26H,1,3-6,15-18H2,2H3. The molecule has 2 fully saturated rings. The van der Waals surface area contributed by atoms with Gasteiger partial charge in [-0.05, 0) is 67.5 Å². The first-order valence-corrected chi connectivity index (χ1v) is 12.5. The third-order valence-electron chi connectivity index (χ3n) is 6.49. The third kappa shape index (κ3) is 6.74. The summed E-state index contributed by atoms with van der Waals surface area (Å²) >= 11 is 0. The Kier molecular flexibility index (Phi) is 8.41. The lowest BCUT2D eigenvalue weighted by molar-refractivity contribution is -0.144. The molecule has 2 aliphatic heterocycles. The Balaban J connectivity index is 1.17. The van der Waals surface area contributed by atoms with Crippen molar-refractivity contribution in [3.8, 4) is 16.9 Å². The molecule has 2 aliphatic rings. The largest absolute Gasteiger partial charge is 0.494 e. The van der Waals surface area contributed by atoms with E-state index in [-0.39, 0.29) is 36.0 Å². The van der Waals surface area contributed by atoms with Crippen molar-refractivity contribution in [3.63, 3.8) is 0 Å². The lowest BCUT2D eigenvalue weighted by Crippen LogP contribution is -2.10. The van der Waals surface area contributed by atoms with Crippen LogP contribution < -0.4 is 4.74 Å². The lowest BCUT2D eigenvalue weighted by atomic mass is 10.0. The molecule has 0 spiro atoms. The van der Waals surface area contributed by atoms with Crippen molar-refractivity contribution in [1.82, 2.24) is 0 Å². The number of ether oxygens (including phenoxy) is 4. The lowest BCUT2D eigenvalue weighted by Gasteiger charge is -2.10. The molecular weight excluding hydrogens is 460 g/mol. The molecule has 0 saturated carbocycles. The minimum absolute atomic E-state index is 0.0443. The fourth-order valence-electron chi connectivity index (χ4n) is 4.39. The fourth-order valence-corrected chi connectivity index (χ4v) is 4.39. The Morgan fingerprint density at radius 1 is 0.917 bits per heavy atom. The predicted octanol–water partition coefficient (Wildman–Crippen LogP) is 5.27. The maximum absolute atomic E-state index is 12.3. The summed E-state index contributed by atoms with van der Waals surface area (Å²) < 4.78 is 21.7. The summed E-state index contributed by atoms with van der Waals surface area (Å²) in [5.41, 5.74) is 3.04. The molecule has 2 aromatic rings. The molecule has 2 aromatic carbocycles. The quantitative estimate of drug-likeness (QED) is 0.183. The molecule has 36 heavy (non-hydrogen) atoms. The molecule has 2 saturated heterocycles. The maximum Gasteiger partial charge on any atom is 0.338 e. The summed E-state index contributed by atoms with van der Waals surface area (Å²) in [6, 6.07) is 15.1. The summed E-state index contributed by atoms with van der Waals surface area (Å²) in [7, 11) is 0. The first-order chi connectivity index (χ1) is 17.4. The molecule has 0 radical (unpaired) electrons. The molecule has 190 valence electrons. The molecule has 0 aliphatic carbocycles. The topological polar surface area (TPSA) is 88.1 Å². The number of benzene rings is 2. The van der Waals surface area contributed by atoms with Crippen molar-refractivity contribution in [2.24, 2.45) is 5.92 Å². The highest BCUT2D eigenvalue weighted by atomic mass is 16.6. The molecule has 0 amide bonds. The Hall–Kier alpha value is -3.61. The summed E-state index contributed by atoms with van der Waals surface area (Å²) in [5, 5.41) is 0. The van der Waals surface area contributed by atoms with Crippen LogP contribution in [0.4, 0.5) is 0 Å². The highest BCUT2D eigenvalue weighted by molar-refractivity contribution is 5.90. The van der Waals surface area contributed by atoms with Crippen LogP contribution in [0.2, 0.25) is 0 Å². The highest BCUT2D eigenvalue weighted by Gasteiger charge is 2.30. The van der Waals surface area contributed by atoms with E-state index >= 15 is 0 Å². The van der Waals surface area contributed by atoms with E-state index in [1.807, 2.05) is 43.3 Å². The van der Waals surface area contributed by atoms with Gasteiger partial charge in [-0.15, -0.1) is 0 Å². The van der Waals surface area contributed by atoms with Gasteiger partial charge < -0.3 is 18.9 Å². The molecular formula is C29H32O7. The molecule has 4 rings (SSSR count). The molecule has 0 bridgehead atoms. The van der Waals surface area contributed by atoms with E-state index in [1.165, 1.54) is 0 Å². The minimum atomic E-state index is -0.362. The molecule has 3 atom stereocenters. The van der Waals surface area contributed by atoms with Crippen LogP contribution in [0, 0.1) is 5.92 Å². The number of esters is 3. The number of hydrogen-bond acceptors (Lipinski definition) is 7. The molecule has 7 heteroatoms. The van der Waals surface area contributed by atoms with Crippen LogP contribution >= 0.6 is 0 Å². The van der Waals surface area contributed by atoms with Crippen molar-refractivity contribution < 1.29 is 33.3 Å². The van der Waals surface area contributed by atoms with E-state index in [4.69, 9.17) is 18.9 Å². The zero-order valence-corrected chi connectivity index (χ0v) is 20.6. The van der Waals surface area contributed by atoms with Gasteiger partial charge in [-0.2, -0.15) is 0 Å². The molecule has 0 N–H and O–H groups in total. The molecule has 2 heterocycles. The Morgan fingerprint density at radius 3 is 2.17 bits per heavy atom. The average molecular weight is 493 g/mol. The molecule has 0 aromatic heterocycles. The first-order valence-electron chi connectivity index (χ1n) is 12.5. The zero-order chi connectivity index (χ0) is 25.5. The van der Waals surface area contributed by atoms with Gasteiger partial charge in [0.05, 0.1) is 24.7 Å². The summed E-state index contributed by atoms with van der Waals surface area (Å²) in [6.07, 6.45) is 4.09. The monoisotopic (exact) mass is 492 g/mol. The predicted molar refractivity (Wildman–Crippen MR) is 133 cm³/mol. The summed E-state index contributed by atoms with van der Waals surface area (Å²) in [6.45, 7) is 6.41. The van der Waals surface area contributed by atoms with Gasteiger partial charge in [0.2, 0.25) is 0 Å². The molecule has 7 nitrogen and oxygen atoms in total. The Bertz CT molecular complexity index is 1070. The summed E-state index contributed by atoms with van der Waals surface area (Å²) in [5.74, 6) is -0.0680. The van der Waals surface area contributed by atoms with Gasteiger partial charge in [0.25, 0.3) is 0 Å². The van der Waals surface area contributed by atoms with Crippen LogP contribution in [-0.4, -0.2) is 43.3 Å². The van der Waals surface area contributed by atoms with Gasteiger partial charge in [-0.1, -0.05) is 37.8 Å². The average Bonchev–Trinajstić information content (AvgIpc) is 3.38. The second-order valence-corrected chi connectivity index (χ2v) is 9.40. The number of carbonyl (C=O) groups excluding carboxylic acids is 3. The van der Waals surface area contributed by atoms with Crippen LogP contribution in [0.1, 0.15) is 55.8 Å². The number of cyclic esters (lactones) is 2. The van der Waals surface area contributed by atoms with Gasteiger partial charge in [0, 0.05) is 12.0 Å². The van der Waals surface area contributed by atoms with E-state index in [9.17, 15) is 14.4 Å². The zero-order valence-electron chi connectivity index (χ0n) is 20.6. The Labute approximate surface area is 211 Å². The van der Waals surface area contributed by atoms with E-state index in [0.29, 0.717) is 43.6 Å². The van der Waals surface area contributed by atoms with Crippen LogP contribution in [0.15, 0.2) is 60.7 Å². The smallest absolute Gasteiger partial charge is 0.338 e. The second-order valence-electron chi connectivity index (χ2n) is 9.40. The van der Waals surface area contributed by atoms with Gasteiger partial charge in [-0.25, -0.2) is 9.59 Å².